The lowest BCUT2D eigenvalue weighted by Crippen LogP contribution is -2.27. The maximum atomic E-state index is 12.9. The number of hydrogen-bond donors (Lipinski definition) is 0. The number of nitro groups is 1. The van der Waals surface area contributed by atoms with Crippen LogP contribution in [0, 0.1) is 10.1 Å². The fraction of sp³-hybridized carbons (Fsp3) is 0.120. The van der Waals surface area contributed by atoms with Gasteiger partial charge in [-0.05, 0) is 65.4 Å². The smallest absolute Gasteiger partial charge is 0.339 e. The number of benzene rings is 3. The number of methoxy groups -OCH3 is 2. The van der Waals surface area contributed by atoms with Crippen molar-refractivity contribution in [2.24, 2.45) is 0 Å². The summed E-state index contributed by atoms with van der Waals surface area (Å²) in [6, 6.07) is 15.6. The molecule has 3 aromatic carbocycles. The number of imide groups is 1. The van der Waals surface area contributed by atoms with Crippen LogP contribution >= 0.6 is 11.8 Å². The monoisotopic (exact) mass is 556 g/mol. The first kappa shape index (κ1) is 26.7. The van der Waals surface area contributed by atoms with Crippen LogP contribution in [0.1, 0.15) is 11.1 Å². The van der Waals surface area contributed by atoms with E-state index in [0.29, 0.717) is 16.9 Å². The van der Waals surface area contributed by atoms with Gasteiger partial charge in [-0.3, -0.25) is 24.6 Å². The van der Waals surface area contributed by atoms with Crippen LogP contribution < -0.4 is 13.7 Å². The van der Waals surface area contributed by atoms with Gasteiger partial charge in [0.1, 0.15) is 10.6 Å². The standard InChI is InChI=1S/C25H20N2O9S2/c1-34-19-8-10-20(11-9-19)38(32,33)36-21-12-5-17(13-22(21)35-2)14-23-24(28)26(25(29)37-23)15-16-3-6-18(7-4-16)27(30)31/h3-14H,15H2,1-2H3/b23-14-. The first-order chi connectivity index (χ1) is 18.1. The number of non-ortho nitro benzene ring substituents is 1. The Morgan fingerprint density at radius 1 is 0.947 bits per heavy atom. The molecule has 1 saturated heterocycles. The number of carbonyl (C=O) groups excluding carboxylic acids is 2. The Morgan fingerprint density at radius 2 is 1.63 bits per heavy atom. The minimum absolute atomic E-state index is 0.0423. The zero-order valence-electron chi connectivity index (χ0n) is 20.0. The number of carbonyl (C=O) groups is 2. The van der Waals surface area contributed by atoms with Gasteiger partial charge in [-0.25, -0.2) is 0 Å². The summed E-state index contributed by atoms with van der Waals surface area (Å²) in [5.74, 6) is -0.00420. The topological polar surface area (TPSA) is 142 Å². The first-order valence-corrected chi connectivity index (χ1v) is 13.1. The van der Waals surface area contributed by atoms with Crippen LogP contribution in [0.5, 0.6) is 17.2 Å². The number of ether oxygens (including phenoxy) is 2. The molecule has 38 heavy (non-hydrogen) atoms. The van der Waals surface area contributed by atoms with Crippen molar-refractivity contribution < 1.29 is 36.6 Å². The molecule has 0 atom stereocenters. The van der Waals surface area contributed by atoms with Crippen molar-refractivity contribution in [3.8, 4) is 17.2 Å². The Hall–Kier alpha value is -4.36. The predicted octanol–water partition coefficient (Wildman–Crippen LogP) is 4.62. The Balaban J connectivity index is 1.51. The third kappa shape index (κ3) is 5.79. The largest absolute Gasteiger partial charge is 0.497 e. The van der Waals surface area contributed by atoms with E-state index in [1.165, 1.54) is 87.0 Å². The van der Waals surface area contributed by atoms with Crippen molar-refractivity contribution in [1.29, 1.82) is 0 Å². The molecule has 1 aliphatic rings. The fourth-order valence-electron chi connectivity index (χ4n) is 3.44. The molecule has 0 aliphatic carbocycles. The Kier molecular flexibility index (Phi) is 7.69. The molecular formula is C25H20N2O9S2. The van der Waals surface area contributed by atoms with E-state index < -0.39 is 26.2 Å². The minimum Gasteiger partial charge on any atom is -0.497 e. The second kappa shape index (κ2) is 10.9. The summed E-state index contributed by atoms with van der Waals surface area (Å²) in [5, 5.41) is 10.3. The van der Waals surface area contributed by atoms with E-state index in [2.05, 4.69) is 0 Å². The molecule has 1 heterocycles. The summed E-state index contributed by atoms with van der Waals surface area (Å²) < 4.78 is 41.0. The van der Waals surface area contributed by atoms with Gasteiger partial charge in [0.25, 0.3) is 16.8 Å². The summed E-state index contributed by atoms with van der Waals surface area (Å²) in [6.45, 7) is -0.0423. The highest BCUT2D eigenvalue weighted by Crippen LogP contribution is 2.36. The van der Waals surface area contributed by atoms with Crippen LogP contribution in [-0.4, -0.2) is 43.6 Å². The van der Waals surface area contributed by atoms with Crippen LogP contribution in [0.4, 0.5) is 10.5 Å². The maximum Gasteiger partial charge on any atom is 0.339 e. The summed E-state index contributed by atoms with van der Waals surface area (Å²) in [5.41, 5.74) is 0.929. The molecule has 0 unspecified atom stereocenters. The molecule has 11 nitrogen and oxygen atoms in total. The van der Waals surface area contributed by atoms with Crippen molar-refractivity contribution in [2.45, 2.75) is 11.4 Å². The van der Waals surface area contributed by atoms with Crippen molar-refractivity contribution in [3.05, 3.63) is 92.9 Å². The number of nitro benzene ring substituents is 1. The molecule has 3 aromatic rings. The third-order valence-corrected chi connectivity index (χ3v) is 7.55. The van der Waals surface area contributed by atoms with Gasteiger partial charge in [-0.1, -0.05) is 18.2 Å². The van der Waals surface area contributed by atoms with Gasteiger partial charge in [0.05, 0.1) is 30.6 Å². The lowest BCUT2D eigenvalue weighted by atomic mass is 10.1. The van der Waals surface area contributed by atoms with Crippen molar-refractivity contribution in [2.75, 3.05) is 14.2 Å². The van der Waals surface area contributed by atoms with Gasteiger partial charge in [0.2, 0.25) is 0 Å². The molecule has 0 N–H and O–H groups in total. The SMILES string of the molecule is COc1ccc(S(=O)(=O)Oc2ccc(/C=C3\SC(=O)N(Cc4ccc([N+](=O)[O-])cc4)C3=O)cc2OC)cc1. The molecule has 0 aromatic heterocycles. The van der Waals surface area contributed by atoms with E-state index in [-0.39, 0.29) is 33.5 Å². The molecule has 13 heteroatoms. The number of nitrogens with zero attached hydrogens (tertiary/aromatic N) is 2. The summed E-state index contributed by atoms with van der Waals surface area (Å²) in [7, 11) is -1.36. The lowest BCUT2D eigenvalue weighted by molar-refractivity contribution is -0.384. The van der Waals surface area contributed by atoms with Crippen LogP contribution in [0.15, 0.2) is 76.5 Å². The van der Waals surface area contributed by atoms with Gasteiger partial charge in [0, 0.05) is 12.1 Å². The summed E-state index contributed by atoms with van der Waals surface area (Å²) >= 11 is 0.744. The minimum atomic E-state index is -4.16. The van der Waals surface area contributed by atoms with Crippen molar-refractivity contribution >= 4 is 44.8 Å². The van der Waals surface area contributed by atoms with E-state index in [1.54, 1.807) is 0 Å². The lowest BCUT2D eigenvalue weighted by Gasteiger charge is -2.12. The van der Waals surface area contributed by atoms with E-state index in [1.807, 2.05) is 0 Å². The molecule has 196 valence electrons. The van der Waals surface area contributed by atoms with Gasteiger partial charge in [-0.2, -0.15) is 8.42 Å². The van der Waals surface area contributed by atoms with Crippen molar-refractivity contribution in [1.82, 2.24) is 4.90 Å². The maximum absolute atomic E-state index is 12.9. The van der Waals surface area contributed by atoms with Crippen LogP contribution in [-0.2, 0) is 21.5 Å². The molecule has 0 saturated carbocycles. The van der Waals surface area contributed by atoms with E-state index in [0.717, 1.165) is 16.7 Å². The summed E-state index contributed by atoms with van der Waals surface area (Å²) in [4.78, 5) is 36.7. The molecule has 2 amide bonds. The average molecular weight is 557 g/mol. The average Bonchev–Trinajstić information content (AvgIpc) is 3.16. The van der Waals surface area contributed by atoms with Crippen LogP contribution in [0.2, 0.25) is 0 Å². The normalized spacial score (nSPS) is 14.6. The van der Waals surface area contributed by atoms with Gasteiger partial charge >= 0.3 is 10.1 Å². The quantitative estimate of drug-likeness (QED) is 0.159. The highest BCUT2D eigenvalue weighted by molar-refractivity contribution is 8.18. The molecule has 0 spiro atoms. The van der Waals surface area contributed by atoms with Crippen molar-refractivity contribution in [3.63, 3.8) is 0 Å². The van der Waals surface area contributed by atoms with E-state index >= 15 is 0 Å². The second-order valence-electron chi connectivity index (χ2n) is 7.81. The first-order valence-electron chi connectivity index (χ1n) is 10.9. The third-order valence-electron chi connectivity index (χ3n) is 5.39. The van der Waals surface area contributed by atoms with Gasteiger partial charge in [-0.15, -0.1) is 0 Å². The van der Waals surface area contributed by atoms with E-state index in [9.17, 15) is 28.1 Å². The Bertz CT molecular complexity index is 1530. The Labute approximate surface area is 221 Å². The fourth-order valence-corrected chi connectivity index (χ4v) is 5.22. The zero-order valence-corrected chi connectivity index (χ0v) is 21.7. The molecule has 0 radical (unpaired) electrons. The van der Waals surface area contributed by atoms with Gasteiger partial charge < -0.3 is 13.7 Å². The van der Waals surface area contributed by atoms with Crippen LogP contribution in [0.3, 0.4) is 0 Å². The number of hydrogen-bond acceptors (Lipinski definition) is 10. The molecule has 4 rings (SSSR count). The highest BCUT2D eigenvalue weighted by atomic mass is 32.2. The van der Waals surface area contributed by atoms with Gasteiger partial charge in [0.15, 0.2) is 11.5 Å². The summed E-state index contributed by atoms with van der Waals surface area (Å²) in [6.07, 6.45) is 1.48. The van der Waals surface area contributed by atoms with Crippen LogP contribution in [0.25, 0.3) is 6.08 Å². The Morgan fingerprint density at radius 3 is 2.24 bits per heavy atom. The number of amides is 2. The number of rotatable bonds is 9. The van der Waals surface area contributed by atoms with E-state index in [4.69, 9.17) is 13.7 Å². The number of thioether (sulfide) groups is 1. The predicted molar refractivity (Wildman–Crippen MR) is 138 cm³/mol. The molecule has 1 aliphatic heterocycles. The second-order valence-corrected chi connectivity index (χ2v) is 10.4. The highest BCUT2D eigenvalue weighted by Gasteiger charge is 2.35. The molecule has 1 fully saturated rings. The molecule has 0 bridgehead atoms. The molecular weight excluding hydrogens is 536 g/mol. The zero-order chi connectivity index (χ0) is 27.4.